The van der Waals surface area contributed by atoms with Crippen LogP contribution in [0.4, 0.5) is 10.1 Å². The van der Waals surface area contributed by atoms with Crippen LogP contribution in [0, 0.1) is 0 Å². The van der Waals surface area contributed by atoms with Crippen molar-refractivity contribution in [2.75, 3.05) is 17.7 Å². The van der Waals surface area contributed by atoms with Crippen LogP contribution in [-0.2, 0) is 6.54 Å². The van der Waals surface area contributed by atoms with E-state index in [1.807, 2.05) is 7.05 Å². The lowest BCUT2D eigenvalue weighted by molar-refractivity contribution is 0.931. The Morgan fingerprint density at radius 3 is 3.00 bits per heavy atom. The van der Waals surface area contributed by atoms with Crippen molar-refractivity contribution in [3.63, 3.8) is 0 Å². The molecule has 0 aromatic carbocycles. The van der Waals surface area contributed by atoms with Crippen LogP contribution in [0.15, 0.2) is 23.7 Å². The number of nitrogens with zero attached hydrogens (tertiary/aromatic N) is 2. The van der Waals surface area contributed by atoms with Crippen molar-refractivity contribution in [1.82, 2.24) is 4.98 Å². The van der Waals surface area contributed by atoms with Crippen LogP contribution in [-0.4, -0.2) is 12.0 Å². The zero-order valence-corrected chi connectivity index (χ0v) is 9.44. The predicted molar refractivity (Wildman–Crippen MR) is 63.0 cm³/mol. The van der Waals surface area contributed by atoms with E-state index in [0.717, 1.165) is 16.7 Å². The fourth-order valence-electron chi connectivity index (χ4n) is 1.16. The quantitative estimate of drug-likeness (QED) is 0.872. The number of nitrogens with two attached hydrogens (primary N) is 1. The smallest absolute Gasteiger partial charge is 0.187 e. The van der Waals surface area contributed by atoms with E-state index in [2.05, 4.69) is 27.4 Å². The van der Waals surface area contributed by atoms with Gasteiger partial charge < -0.3 is 10.6 Å². The van der Waals surface area contributed by atoms with Crippen molar-refractivity contribution in [3.8, 4) is 0 Å². The lowest BCUT2D eigenvalue weighted by Crippen LogP contribution is -2.14. The van der Waals surface area contributed by atoms with Crippen LogP contribution in [0.25, 0.3) is 0 Å². The van der Waals surface area contributed by atoms with Crippen molar-refractivity contribution in [3.05, 3.63) is 28.6 Å². The average molecular weight is 225 g/mol. The summed E-state index contributed by atoms with van der Waals surface area (Å²) in [6.45, 7) is 0.893. The molecule has 0 saturated heterocycles. The molecular formula is C9H11N3S2. The lowest BCUT2D eigenvalue weighted by Gasteiger charge is -2.13. The minimum Gasteiger partial charge on any atom is -0.389 e. The molecule has 0 aliphatic heterocycles. The Hall–Kier alpha value is -1.07. The van der Waals surface area contributed by atoms with E-state index < -0.39 is 0 Å². The topological polar surface area (TPSA) is 42.2 Å². The summed E-state index contributed by atoms with van der Waals surface area (Å²) in [5, 5.41) is 3.81. The van der Waals surface area contributed by atoms with E-state index in [9.17, 15) is 0 Å². The largest absolute Gasteiger partial charge is 0.389 e. The van der Waals surface area contributed by atoms with Gasteiger partial charge in [0.2, 0.25) is 0 Å². The van der Waals surface area contributed by atoms with Gasteiger partial charge in [0.15, 0.2) is 5.13 Å². The number of aromatic nitrogens is 1. The van der Waals surface area contributed by atoms with Gasteiger partial charge in [-0.3, -0.25) is 0 Å². The molecule has 0 aliphatic carbocycles. The maximum absolute atomic E-state index is 5.62. The van der Waals surface area contributed by atoms with Crippen molar-refractivity contribution < 1.29 is 0 Å². The zero-order valence-electron chi connectivity index (χ0n) is 7.80. The molecule has 0 unspecified atom stereocenters. The monoisotopic (exact) mass is 225 g/mol. The molecule has 74 valence electrons. The molecule has 0 amide bonds. The van der Waals surface area contributed by atoms with Gasteiger partial charge in [0.05, 0.1) is 12.7 Å². The molecule has 0 saturated carbocycles. The standard InChI is InChI=1S/C9H11N3S2/c1-12(6-7-3-2-4-13-7)9-11-5-8(10)14-9/h2-5H,6,10H2,1H3. The summed E-state index contributed by atoms with van der Waals surface area (Å²) in [5.74, 6) is 0. The first-order valence-electron chi connectivity index (χ1n) is 4.20. The summed E-state index contributed by atoms with van der Waals surface area (Å²) in [7, 11) is 2.03. The van der Waals surface area contributed by atoms with E-state index in [0.29, 0.717) is 0 Å². The number of thiophene rings is 1. The molecule has 0 atom stereocenters. The van der Waals surface area contributed by atoms with Gasteiger partial charge in [-0.2, -0.15) is 0 Å². The van der Waals surface area contributed by atoms with E-state index in [-0.39, 0.29) is 0 Å². The minimum absolute atomic E-state index is 0.762. The van der Waals surface area contributed by atoms with Crippen molar-refractivity contribution >= 4 is 32.8 Å². The summed E-state index contributed by atoms with van der Waals surface area (Å²) in [6, 6.07) is 4.18. The Morgan fingerprint density at radius 1 is 1.57 bits per heavy atom. The van der Waals surface area contributed by atoms with Crippen LogP contribution in [0.5, 0.6) is 0 Å². The van der Waals surface area contributed by atoms with Crippen LogP contribution in [0.1, 0.15) is 4.88 Å². The highest BCUT2D eigenvalue weighted by Gasteiger charge is 2.06. The summed E-state index contributed by atoms with van der Waals surface area (Å²) >= 11 is 3.27. The van der Waals surface area contributed by atoms with Gasteiger partial charge in [-0.15, -0.1) is 11.3 Å². The molecule has 0 spiro atoms. The molecule has 2 aromatic heterocycles. The average Bonchev–Trinajstić information content (AvgIpc) is 2.75. The number of rotatable bonds is 3. The van der Waals surface area contributed by atoms with E-state index in [1.54, 1.807) is 17.5 Å². The highest BCUT2D eigenvalue weighted by atomic mass is 32.1. The fourth-order valence-corrected chi connectivity index (χ4v) is 2.56. The highest BCUT2D eigenvalue weighted by molar-refractivity contribution is 7.19. The molecule has 0 radical (unpaired) electrons. The molecule has 5 heteroatoms. The van der Waals surface area contributed by atoms with Gasteiger partial charge in [-0.05, 0) is 11.4 Å². The number of hydrogen-bond donors (Lipinski definition) is 1. The van der Waals surface area contributed by atoms with E-state index >= 15 is 0 Å². The highest BCUT2D eigenvalue weighted by Crippen LogP contribution is 2.24. The maximum atomic E-state index is 5.62. The van der Waals surface area contributed by atoms with Gasteiger partial charge >= 0.3 is 0 Å². The summed E-state index contributed by atoms with van der Waals surface area (Å²) in [6.07, 6.45) is 1.70. The second-order valence-electron chi connectivity index (χ2n) is 2.98. The number of hydrogen-bond acceptors (Lipinski definition) is 5. The molecule has 14 heavy (non-hydrogen) atoms. The zero-order chi connectivity index (χ0) is 9.97. The Bertz CT molecular complexity index is 394. The second kappa shape index (κ2) is 3.98. The molecule has 3 nitrogen and oxygen atoms in total. The third-order valence-electron chi connectivity index (χ3n) is 1.81. The SMILES string of the molecule is CN(Cc1cccs1)c1ncc(N)s1. The van der Waals surface area contributed by atoms with Crippen molar-refractivity contribution in [2.24, 2.45) is 0 Å². The third-order valence-corrected chi connectivity index (χ3v) is 3.61. The molecule has 0 bridgehead atoms. The molecule has 0 aliphatic rings. The van der Waals surface area contributed by atoms with Gasteiger partial charge in [-0.25, -0.2) is 4.98 Å². The second-order valence-corrected chi connectivity index (χ2v) is 5.05. The first-order valence-corrected chi connectivity index (χ1v) is 5.90. The fraction of sp³-hybridized carbons (Fsp3) is 0.222. The summed E-state index contributed by atoms with van der Waals surface area (Å²) in [5.41, 5.74) is 5.62. The number of nitrogen functional groups attached to an aromatic ring is 1. The predicted octanol–water partition coefficient (Wildman–Crippen LogP) is 2.42. The lowest BCUT2D eigenvalue weighted by atomic mass is 10.4. The van der Waals surface area contributed by atoms with Gasteiger partial charge in [0.1, 0.15) is 5.00 Å². The molecule has 0 fully saturated rings. The third kappa shape index (κ3) is 2.05. The normalized spacial score (nSPS) is 10.4. The van der Waals surface area contributed by atoms with Crippen LogP contribution in [0.3, 0.4) is 0 Å². The Balaban J connectivity index is 2.06. The van der Waals surface area contributed by atoms with Gasteiger partial charge in [0.25, 0.3) is 0 Å². The Labute approximate surface area is 90.8 Å². The molecule has 2 N–H and O–H groups in total. The number of thiazole rings is 1. The Morgan fingerprint density at radius 2 is 2.43 bits per heavy atom. The molecule has 2 aromatic rings. The first kappa shape index (κ1) is 9.48. The van der Waals surface area contributed by atoms with Gasteiger partial charge in [0, 0.05) is 11.9 Å². The molecule has 2 rings (SSSR count). The maximum Gasteiger partial charge on any atom is 0.187 e. The van der Waals surface area contributed by atoms with Crippen LogP contribution >= 0.6 is 22.7 Å². The minimum atomic E-state index is 0.762. The first-order chi connectivity index (χ1) is 6.75. The van der Waals surface area contributed by atoms with Crippen LogP contribution < -0.4 is 10.6 Å². The van der Waals surface area contributed by atoms with Gasteiger partial charge in [-0.1, -0.05) is 17.4 Å². The van der Waals surface area contributed by atoms with E-state index in [4.69, 9.17) is 5.73 Å². The molecule has 2 heterocycles. The summed E-state index contributed by atoms with van der Waals surface area (Å²) in [4.78, 5) is 7.66. The Kier molecular flexibility index (Phi) is 2.69. The summed E-state index contributed by atoms with van der Waals surface area (Å²) < 4.78 is 0. The van der Waals surface area contributed by atoms with E-state index in [1.165, 1.54) is 16.2 Å². The van der Waals surface area contributed by atoms with Crippen LogP contribution in [0.2, 0.25) is 0 Å². The molecular weight excluding hydrogens is 214 g/mol. The van der Waals surface area contributed by atoms with Crippen molar-refractivity contribution in [2.45, 2.75) is 6.54 Å². The number of anilines is 2. The van der Waals surface area contributed by atoms with Crippen molar-refractivity contribution in [1.29, 1.82) is 0 Å².